The average molecular weight is 392 g/mol. The van der Waals surface area contributed by atoms with Crippen LogP contribution in [-0.2, 0) is 6.54 Å². The first-order valence-electron chi connectivity index (χ1n) is 8.11. The minimum Gasteiger partial charge on any atom is -0.387 e. The van der Waals surface area contributed by atoms with E-state index in [1.54, 1.807) is 16.9 Å². The molecule has 0 saturated carbocycles. The lowest BCUT2D eigenvalue weighted by atomic mass is 10.1. The van der Waals surface area contributed by atoms with Crippen LogP contribution in [0.25, 0.3) is 0 Å². The van der Waals surface area contributed by atoms with Crippen LogP contribution >= 0.6 is 11.6 Å². The van der Waals surface area contributed by atoms with Gasteiger partial charge >= 0.3 is 0 Å². The average Bonchev–Trinajstić information content (AvgIpc) is 3.12. The lowest BCUT2D eigenvalue weighted by Crippen LogP contribution is -2.28. The molecule has 3 aromatic rings. The molecular formula is C19H16ClF2N3O2. The monoisotopic (exact) mass is 391 g/mol. The second-order valence-corrected chi connectivity index (χ2v) is 6.32. The van der Waals surface area contributed by atoms with E-state index in [9.17, 15) is 18.7 Å². The number of carbonyl (C=O) groups is 1. The van der Waals surface area contributed by atoms with Crippen molar-refractivity contribution in [2.75, 3.05) is 6.54 Å². The highest BCUT2D eigenvalue weighted by atomic mass is 35.5. The molecule has 0 radical (unpaired) electrons. The van der Waals surface area contributed by atoms with Crippen LogP contribution in [0.5, 0.6) is 0 Å². The quantitative estimate of drug-likeness (QED) is 0.677. The van der Waals surface area contributed by atoms with Gasteiger partial charge in [0, 0.05) is 17.8 Å². The zero-order valence-electron chi connectivity index (χ0n) is 14.1. The summed E-state index contributed by atoms with van der Waals surface area (Å²) in [4.78, 5) is 12.2. The summed E-state index contributed by atoms with van der Waals surface area (Å²) in [5.41, 5.74) is 1.34. The van der Waals surface area contributed by atoms with Gasteiger partial charge in [-0.2, -0.15) is 5.10 Å². The van der Waals surface area contributed by atoms with Crippen molar-refractivity contribution in [2.24, 2.45) is 0 Å². The highest BCUT2D eigenvalue weighted by molar-refractivity contribution is 6.31. The van der Waals surface area contributed by atoms with Gasteiger partial charge in [-0.3, -0.25) is 9.48 Å². The Morgan fingerprint density at radius 1 is 1.22 bits per heavy atom. The Bertz CT molecular complexity index is 962. The first-order valence-corrected chi connectivity index (χ1v) is 8.49. The van der Waals surface area contributed by atoms with E-state index in [1.807, 2.05) is 18.2 Å². The van der Waals surface area contributed by atoms with E-state index in [0.717, 1.165) is 17.7 Å². The van der Waals surface area contributed by atoms with Crippen molar-refractivity contribution in [1.29, 1.82) is 0 Å². The molecule has 1 amide bonds. The molecule has 0 aliphatic carbocycles. The molecule has 2 aromatic carbocycles. The molecule has 8 heteroatoms. The Labute approximate surface area is 159 Å². The van der Waals surface area contributed by atoms with Gasteiger partial charge in [0.1, 0.15) is 0 Å². The van der Waals surface area contributed by atoms with E-state index < -0.39 is 23.6 Å². The number of nitrogens with zero attached hydrogens (tertiary/aromatic N) is 2. The molecule has 0 unspecified atom stereocenters. The van der Waals surface area contributed by atoms with Crippen molar-refractivity contribution < 1.29 is 18.7 Å². The van der Waals surface area contributed by atoms with Gasteiger partial charge in [-0.05, 0) is 29.3 Å². The lowest BCUT2D eigenvalue weighted by molar-refractivity contribution is 0.0916. The summed E-state index contributed by atoms with van der Waals surface area (Å²) in [6.45, 7) is 0.254. The maximum absolute atomic E-state index is 13.2. The van der Waals surface area contributed by atoms with Crippen LogP contribution in [0.1, 0.15) is 27.6 Å². The third-order valence-corrected chi connectivity index (χ3v) is 4.34. The number of hydrogen-bond acceptors (Lipinski definition) is 3. The zero-order chi connectivity index (χ0) is 19.4. The van der Waals surface area contributed by atoms with E-state index >= 15 is 0 Å². The number of carbonyl (C=O) groups excluding carboxylic acids is 1. The predicted molar refractivity (Wildman–Crippen MR) is 96.4 cm³/mol. The van der Waals surface area contributed by atoms with Crippen molar-refractivity contribution in [3.63, 3.8) is 0 Å². The van der Waals surface area contributed by atoms with Crippen molar-refractivity contribution in [3.05, 3.63) is 88.2 Å². The molecule has 0 spiro atoms. The number of aliphatic hydroxyl groups excluding tert-OH is 1. The molecule has 2 N–H and O–H groups in total. The van der Waals surface area contributed by atoms with Crippen LogP contribution in [-0.4, -0.2) is 27.3 Å². The van der Waals surface area contributed by atoms with Crippen LogP contribution in [0.15, 0.2) is 54.9 Å². The van der Waals surface area contributed by atoms with Gasteiger partial charge in [-0.15, -0.1) is 0 Å². The fourth-order valence-electron chi connectivity index (χ4n) is 2.50. The molecule has 1 heterocycles. The topological polar surface area (TPSA) is 67.2 Å². The van der Waals surface area contributed by atoms with Gasteiger partial charge < -0.3 is 10.4 Å². The minimum absolute atomic E-state index is 0.153. The fraction of sp³-hybridized carbons (Fsp3) is 0.158. The summed E-state index contributed by atoms with van der Waals surface area (Å²) < 4.78 is 27.7. The number of nitrogens with one attached hydrogen (secondary N) is 1. The number of benzene rings is 2. The molecule has 0 fully saturated rings. The third-order valence-electron chi connectivity index (χ3n) is 3.97. The summed E-state index contributed by atoms with van der Waals surface area (Å²) in [6, 6.07) is 10.4. The molecule has 1 atom stereocenters. The normalized spacial score (nSPS) is 12.0. The Hall–Kier alpha value is -2.77. The first-order chi connectivity index (χ1) is 12.9. The molecule has 0 aliphatic rings. The second kappa shape index (κ2) is 8.28. The molecule has 1 aromatic heterocycles. The SMILES string of the molecule is O=C(NC[C@@H](O)c1ccc(F)c(F)c1)c1cnn(Cc2ccccc2Cl)c1. The number of aromatic nitrogens is 2. The van der Waals surface area contributed by atoms with E-state index in [-0.39, 0.29) is 12.1 Å². The molecule has 5 nitrogen and oxygen atoms in total. The van der Waals surface area contributed by atoms with E-state index in [2.05, 4.69) is 10.4 Å². The molecule has 0 bridgehead atoms. The second-order valence-electron chi connectivity index (χ2n) is 5.92. The van der Waals surface area contributed by atoms with Gasteiger partial charge in [0.25, 0.3) is 5.91 Å². The molecule has 140 valence electrons. The van der Waals surface area contributed by atoms with Crippen molar-refractivity contribution in [3.8, 4) is 0 Å². The highest BCUT2D eigenvalue weighted by Gasteiger charge is 2.14. The van der Waals surface area contributed by atoms with Crippen LogP contribution < -0.4 is 5.32 Å². The van der Waals surface area contributed by atoms with Crippen LogP contribution in [0.4, 0.5) is 8.78 Å². The lowest BCUT2D eigenvalue weighted by Gasteiger charge is -2.12. The van der Waals surface area contributed by atoms with Gasteiger partial charge in [-0.25, -0.2) is 8.78 Å². The van der Waals surface area contributed by atoms with Gasteiger partial charge in [0.15, 0.2) is 11.6 Å². The summed E-state index contributed by atoms with van der Waals surface area (Å²) in [6.07, 6.45) is 1.79. The number of halogens is 3. The summed E-state index contributed by atoms with van der Waals surface area (Å²) in [7, 11) is 0. The minimum atomic E-state index is -1.16. The summed E-state index contributed by atoms with van der Waals surface area (Å²) in [5, 5.41) is 17.3. The number of aliphatic hydroxyl groups is 1. The standard InChI is InChI=1S/C19H16ClF2N3O2/c20-15-4-2-1-3-13(15)10-25-11-14(8-24-25)19(27)23-9-18(26)12-5-6-16(21)17(22)7-12/h1-8,11,18,26H,9-10H2,(H,23,27)/t18-/m1/s1. The van der Waals surface area contributed by atoms with E-state index in [1.165, 1.54) is 12.3 Å². The van der Waals surface area contributed by atoms with Gasteiger partial charge in [-0.1, -0.05) is 35.9 Å². The van der Waals surface area contributed by atoms with Crippen molar-refractivity contribution in [1.82, 2.24) is 15.1 Å². The predicted octanol–water partition coefficient (Wildman–Crippen LogP) is 3.33. The zero-order valence-corrected chi connectivity index (χ0v) is 14.8. The van der Waals surface area contributed by atoms with Gasteiger partial charge in [0.2, 0.25) is 0 Å². The smallest absolute Gasteiger partial charge is 0.254 e. The van der Waals surface area contributed by atoms with Crippen molar-refractivity contribution in [2.45, 2.75) is 12.6 Å². The molecule has 3 rings (SSSR count). The van der Waals surface area contributed by atoms with E-state index in [4.69, 9.17) is 11.6 Å². The molecule has 0 saturated heterocycles. The third kappa shape index (κ3) is 4.69. The molecule has 27 heavy (non-hydrogen) atoms. The van der Waals surface area contributed by atoms with Crippen molar-refractivity contribution >= 4 is 17.5 Å². The number of amides is 1. The van der Waals surface area contributed by atoms with Crippen LogP contribution in [0.2, 0.25) is 5.02 Å². The largest absolute Gasteiger partial charge is 0.387 e. The highest BCUT2D eigenvalue weighted by Crippen LogP contribution is 2.17. The molecular weight excluding hydrogens is 376 g/mol. The molecule has 0 aliphatic heterocycles. The Kier molecular flexibility index (Phi) is 5.83. The Balaban J connectivity index is 1.59. The van der Waals surface area contributed by atoms with E-state index in [0.29, 0.717) is 17.1 Å². The maximum Gasteiger partial charge on any atom is 0.254 e. The maximum atomic E-state index is 13.2. The van der Waals surface area contributed by atoms with Crippen LogP contribution in [0.3, 0.4) is 0 Å². The van der Waals surface area contributed by atoms with Crippen LogP contribution in [0, 0.1) is 11.6 Å². The summed E-state index contributed by atoms with van der Waals surface area (Å²) in [5.74, 6) is -2.50. The Morgan fingerprint density at radius 3 is 2.74 bits per heavy atom. The summed E-state index contributed by atoms with van der Waals surface area (Å²) >= 11 is 6.11. The fourth-order valence-corrected chi connectivity index (χ4v) is 2.69. The first kappa shape index (κ1) is 19.0. The number of rotatable bonds is 6. The Morgan fingerprint density at radius 2 is 2.00 bits per heavy atom. The van der Waals surface area contributed by atoms with Gasteiger partial charge in [0.05, 0.1) is 24.4 Å². The number of hydrogen-bond donors (Lipinski definition) is 2.